The van der Waals surface area contributed by atoms with Crippen LogP contribution in [0.5, 0.6) is 5.75 Å². The van der Waals surface area contributed by atoms with Gasteiger partial charge in [0, 0.05) is 22.5 Å². The molecule has 2 aliphatic heterocycles. The molecule has 280 valence electrons. The summed E-state index contributed by atoms with van der Waals surface area (Å²) in [5.41, 5.74) is -1.11. The van der Waals surface area contributed by atoms with Crippen LogP contribution >= 0.6 is 0 Å². The van der Waals surface area contributed by atoms with Gasteiger partial charge in [0.25, 0.3) is 0 Å². The van der Waals surface area contributed by atoms with Crippen molar-refractivity contribution >= 4 is 11.9 Å². The van der Waals surface area contributed by atoms with E-state index in [0.29, 0.717) is 12.8 Å². The van der Waals surface area contributed by atoms with Crippen LogP contribution < -0.4 is 0 Å². The molecule has 0 spiro atoms. The van der Waals surface area contributed by atoms with Crippen LogP contribution in [0.2, 0.25) is 0 Å². The fourth-order valence-corrected chi connectivity index (χ4v) is 8.66. The van der Waals surface area contributed by atoms with Crippen molar-refractivity contribution in [2.75, 3.05) is 20.7 Å². The van der Waals surface area contributed by atoms with Crippen LogP contribution in [0.1, 0.15) is 159 Å². The number of aromatic hydroxyl groups is 1. The Hall–Kier alpha value is -2.12. The monoisotopic (exact) mass is 685 g/mol. The topological polar surface area (TPSA) is 79.3 Å². The number of hydrogen-bond donors (Lipinski definition) is 1. The van der Waals surface area contributed by atoms with Gasteiger partial charge in [-0.1, -0.05) is 67.0 Å². The fourth-order valence-electron chi connectivity index (χ4n) is 8.66. The summed E-state index contributed by atoms with van der Waals surface area (Å²) in [5, 5.41) is 11.6. The molecule has 1 aromatic rings. The van der Waals surface area contributed by atoms with Crippen molar-refractivity contribution in [3.05, 3.63) is 28.8 Å². The molecule has 2 saturated heterocycles. The van der Waals surface area contributed by atoms with Crippen LogP contribution in [0.15, 0.2) is 12.1 Å². The van der Waals surface area contributed by atoms with Gasteiger partial charge in [-0.15, -0.1) is 0 Å². The first kappa shape index (κ1) is 41.3. The van der Waals surface area contributed by atoms with Crippen molar-refractivity contribution in [1.82, 2.24) is 9.80 Å². The van der Waals surface area contributed by atoms with Crippen molar-refractivity contribution in [2.24, 2.45) is 11.3 Å². The molecule has 3 atom stereocenters. The molecule has 49 heavy (non-hydrogen) atoms. The molecule has 7 nitrogen and oxygen atoms in total. The van der Waals surface area contributed by atoms with E-state index in [2.05, 4.69) is 128 Å². The van der Waals surface area contributed by atoms with E-state index >= 15 is 9.59 Å². The Bertz CT molecular complexity index is 1330. The van der Waals surface area contributed by atoms with Crippen molar-refractivity contribution in [2.45, 2.75) is 188 Å². The van der Waals surface area contributed by atoms with Gasteiger partial charge in [-0.05, 0) is 136 Å². The third-order valence-corrected chi connectivity index (χ3v) is 12.8. The number of likely N-dealkylation sites (tertiary alicyclic amines) is 2. The highest BCUT2D eigenvalue weighted by Gasteiger charge is 2.63. The molecule has 2 fully saturated rings. The third-order valence-electron chi connectivity index (χ3n) is 12.8. The van der Waals surface area contributed by atoms with Crippen LogP contribution in [0.4, 0.5) is 0 Å². The molecule has 2 heterocycles. The van der Waals surface area contributed by atoms with Gasteiger partial charge >= 0.3 is 11.9 Å². The Labute approximate surface area is 299 Å². The predicted molar refractivity (Wildman–Crippen MR) is 201 cm³/mol. The molecular weight excluding hydrogens is 612 g/mol. The molecular formula is C42H72N2O5. The second-order valence-electron chi connectivity index (χ2n) is 19.8. The molecule has 2 aliphatic rings. The van der Waals surface area contributed by atoms with E-state index in [1.165, 1.54) is 0 Å². The first-order valence-electron chi connectivity index (χ1n) is 18.8. The Kier molecular flexibility index (Phi) is 11.6. The molecule has 0 radical (unpaired) electrons. The second kappa shape index (κ2) is 13.8. The Morgan fingerprint density at radius 3 is 1.73 bits per heavy atom. The number of benzene rings is 1. The summed E-state index contributed by atoms with van der Waals surface area (Å²) < 4.78 is 12.9. The number of phenols is 1. The number of ether oxygens (including phenoxy) is 2. The van der Waals surface area contributed by atoms with Gasteiger partial charge in [0.2, 0.25) is 0 Å². The molecule has 7 heteroatoms. The largest absolute Gasteiger partial charge is 0.507 e. The van der Waals surface area contributed by atoms with Crippen LogP contribution in [0.3, 0.4) is 0 Å². The number of piperidine rings is 2. The van der Waals surface area contributed by atoms with E-state index in [1.807, 2.05) is 12.1 Å². The number of nitrogens with zero attached hydrogens (tertiary/aromatic N) is 2. The number of phenolic OH excluding ortho intramolecular Hbond substituents is 1. The van der Waals surface area contributed by atoms with Gasteiger partial charge < -0.3 is 14.6 Å². The second-order valence-corrected chi connectivity index (χ2v) is 19.8. The van der Waals surface area contributed by atoms with E-state index in [-0.39, 0.29) is 40.7 Å². The van der Waals surface area contributed by atoms with Crippen molar-refractivity contribution in [1.29, 1.82) is 0 Å². The lowest BCUT2D eigenvalue weighted by Crippen LogP contribution is -2.68. The molecule has 0 bridgehead atoms. The predicted octanol–water partition coefficient (Wildman–Crippen LogP) is 8.95. The van der Waals surface area contributed by atoms with E-state index in [9.17, 15) is 5.11 Å². The molecule has 0 aromatic heterocycles. The molecule has 3 rings (SSSR count). The summed E-state index contributed by atoms with van der Waals surface area (Å²) in [5.74, 6) is -1.11. The Morgan fingerprint density at radius 2 is 1.27 bits per heavy atom. The van der Waals surface area contributed by atoms with Gasteiger partial charge in [-0.3, -0.25) is 19.4 Å². The summed E-state index contributed by atoms with van der Waals surface area (Å²) in [6.45, 7) is 32.4. The zero-order valence-electron chi connectivity index (χ0n) is 34.4. The molecule has 3 unspecified atom stereocenters. The first-order chi connectivity index (χ1) is 22.1. The number of likely N-dealkylation sites (N-methyl/N-ethyl adjacent to an activating group) is 1. The van der Waals surface area contributed by atoms with E-state index in [4.69, 9.17) is 9.47 Å². The summed E-state index contributed by atoms with van der Waals surface area (Å²) >= 11 is 0. The lowest BCUT2D eigenvalue weighted by Gasteiger charge is -2.59. The highest BCUT2D eigenvalue weighted by Crippen LogP contribution is 2.53. The number of carbonyl (C=O) groups excluding carboxylic acids is 2. The summed E-state index contributed by atoms with van der Waals surface area (Å²) in [6.07, 6.45) is 4.37. The van der Waals surface area contributed by atoms with Crippen molar-refractivity contribution in [3.63, 3.8) is 0 Å². The highest BCUT2D eigenvalue weighted by molar-refractivity contribution is 6.01. The standard InChI is InChI=1S/C42H72N2O5/c1-18-19-24-48-34(46)42(31-20-22-38(8,9)43(16)40(31,12)13,35(47)49-32-21-23-39(10,11)44(17)41(32,14)15)27-28-25-29(36(2,3)4)33(45)30(26-28)37(5,6)7/h25-26,31-32,45H,18-24,27H2,1-17H3. The molecule has 1 N–H and O–H groups in total. The highest BCUT2D eigenvalue weighted by atomic mass is 16.6. The summed E-state index contributed by atoms with van der Waals surface area (Å²) in [7, 11) is 4.22. The van der Waals surface area contributed by atoms with E-state index < -0.39 is 40.5 Å². The van der Waals surface area contributed by atoms with Crippen LogP contribution in [0.25, 0.3) is 0 Å². The van der Waals surface area contributed by atoms with Gasteiger partial charge in [0.05, 0.1) is 12.1 Å². The SMILES string of the molecule is CCCCOC(=O)C(Cc1cc(C(C)(C)C)c(O)c(C(C)(C)C)c1)(C(=O)OC1CCC(C)(C)N(C)C1(C)C)C1CCC(C)(C)N(C)C1(C)C. The average Bonchev–Trinajstić information content (AvgIpc) is 2.95. The van der Waals surface area contributed by atoms with E-state index in [0.717, 1.165) is 42.4 Å². The Balaban J connectivity index is 2.37. The van der Waals surface area contributed by atoms with Crippen molar-refractivity contribution in [3.8, 4) is 5.75 Å². The zero-order chi connectivity index (χ0) is 37.8. The minimum absolute atomic E-state index is 0.0546. The normalized spacial score (nSPS) is 25.3. The molecule has 1 aromatic carbocycles. The van der Waals surface area contributed by atoms with E-state index in [1.54, 1.807) is 0 Å². The van der Waals surface area contributed by atoms with Gasteiger partial charge in [-0.2, -0.15) is 0 Å². The minimum Gasteiger partial charge on any atom is -0.507 e. The number of esters is 2. The molecule has 0 saturated carbocycles. The lowest BCUT2D eigenvalue weighted by atomic mass is 9.58. The molecule has 0 amide bonds. The smallest absolute Gasteiger partial charge is 0.324 e. The van der Waals surface area contributed by atoms with Crippen LogP contribution in [0, 0.1) is 11.3 Å². The number of hydrogen-bond acceptors (Lipinski definition) is 7. The maximum Gasteiger partial charge on any atom is 0.324 e. The first-order valence-corrected chi connectivity index (χ1v) is 18.8. The quantitative estimate of drug-likeness (QED) is 0.158. The maximum atomic E-state index is 15.4. The molecule has 0 aliphatic carbocycles. The maximum absolute atomic E-state index is 15.4. The zero-order valence-corrected chi connectivity index (χ0v) is 34.4. The van der Waals surface area contributed by atoms with Crippen LogP contribution in [-0.4, -0.2) is 75.8 Å². The van der Waals surface area contributed by atoms with Gasteiger partial charge in [-0.25, -0.2) is 0 Å². The van der Waals surface area contributed by atoms with Crippen molar-refractivity contribution < 1.29 is 24.2 Å². The summed E-state index contributed by atoms with van der Waals surface area (Å²) in [4.78, 5) is 35.1. The number of rotatable bonds is 9. The lowest BCUT2D eigenvalue weighted by molar-refractivity contribution is -0.201. The number of carbonyl (C=O) groups is 2. The number of unbranched alkanes of at least 4 members (excludes halogenated alkanes) is 1. The van der Waals surface area contributed by atoms with Crippen LogP contribution in [-0.2, 0) is 36.3 Å². The Morgan fingerprint density at radius 1 is 0.796 bits per heavy atom. The minimum atomic E-state index is -1.62. The van der Waals surface area contributed by atoms with Gasteiger partial charge in [0.15, 0.2) is 5.41 Å². The fraction of sp³-hybridized carbons (Fsp3) is 0.810. The average molecular weight is 685 g/mol. The van der Waals surface area contributed by atoms with Gasteiger partial charge in [0.1, 0.15) is 11.9 Å². The summed E-state index contributed by atoms with van der Waals surface area (Å²) in [6, 6.07) is 4.02. The third kappa shape index (κ3) is 7.88.